The van der Waals surface area contributed by atoms with Crippen LogP contribution in [0.15, 0.2) is 48.7 Å². The SMILES string of the molecule is O=C(NNC(=O)[C@H]1CC(=O)N(c2cccc(Cl)c2)C1)c1ccccn1. The van der Waals surface area contributed by atoms with Crippen LogP contribution in [0.5, 0.6) is 0 Å². The van der Waals surface area contributed by atoms with Crippen LogP contribution in [-0.4, -0.2) is 29.3 Å². The van der Waals surface area contributed by atoms with Gasteiger partial charge in [-0.15, -0.1) is 0 Å². The van der Waals surface area contributed by atoms with Crippen molar-refractivity contribution in [2.75, 3.05) is 11.4 Å². The molecule has 8 heteroatoms. The number of benzene rings is 1. The highest BCUT2D eigenvalue weighted by atomic mass is 35.5. The van der Waals surface area contributed by atoms with Gasteiger partial charge in [0.1, 0.15) is 5.69 Å². The minimum atomic E-state index is -0.560. The molecule has 0 spiro atoms. The summed E-state index contributed by atoms with van der Waals surface area (Å²) in [5, 5.41) is 0.515. The molecule has 1 aromatic carbocycles. The lowest BCUT2D eigenvalue weighted by molar-refractivity contribution is -0.126. The van der Waals surface area contributed by atoms with Gasteiger partial charge in [-0.3, -0.25) is 30.2 Å². The molecule has 2 aromatic rings. The van der Waals surface area contributed by atoms with Gasteiger partial charge in [0.2, 0.25) is 11.8 Å². The van der Waals surface area contributed by atoms with Crippen LogP contribution >= 0.6 is 11.6 Å². The number of aromatic nitrogens is 1. The molecule has 1 atom stereocenters. The summed E-state index contributed by atoms with van der Waals surface area (Å²) < 4.78 is 0. The van der Waals surface area contributed by atoms with Crippen molar-refractivity contribution in [3.63, 3.8) is 0 Å². The first-order valence-corrected chi connectivity index (χ1v) is 7.99. The van der Waals surface area contributed by atoms with Crippen molar-refractivity contribution in [1.82, 2.24) is 15.8 Å². The molecule has 1 aliphatic heterocycles. The predicted molar refractivity (Wildman–Crippen MR) is 91.8 cm³/mol. The van der Waals surface area contributed by atoms with Gasteiger partial charge >= 0.3 is 0 Å². The van der Waals surface area contributed by atoms with E-state index in [2.05, 4.69) is 15.8 Å². The fourth-order valence-electron chi connectivity index (χ4n) is 2.56. The van der Waals surface area contributed by atoms with E-state index in [9.17, 15) is 14.4 Å². The molecule has 7 nitrogen and oxygen atoms in total. The topological polar surface area (TPSA) is 91.4 Å². The summed E-state index contributed by atoms with van der Waals surface area (Å²) in [5.74, 6) is -1.68. The Hall–Kier alpha value is -2.93. The molecule has 1 aliphatic rings. The highest BCUT2D eigenvalue weighted by molar-refractivity contribution is 6.31. The van der Waals surface area contributed by atoms with E-state index in [1.54, 1.807) is 36.4 Å². The summed E-state index contributed by atoms with van der Waals surface area (Å²) in [6, 6.07) is 11.8. The van der Waals surface area contributed by atoms with E-state index in [1.165, 1.54) is 17.2 Å². The average Bonchev–Trinajstić information content (AvgIpc) is 3.02. The molecule has 25 heavy (non-hydrogen) atoms. The third kappa shape index (κ3) is 3.95. The maximum atomic E-state index is 12.2. The molecule has 3 rings (SSSR count). The molecule has 3 amide bonds. The second-order valence-corrected chi connectivity index (χ2v) is 5.98. The number of nitrogens with one attached hydrogen (secondary N) is 2. The van der Waals surface area contributed by atoms with E-state index in [1.807, 2.05) is 0 Å². The van der Waals surface area contributed by atoms with Crippen LogP contribution in [0.25, 0.3) is 0 Å². The first kappa shape index (κ1) is 16.9. The molecule has 1 aromatic heterocycles. The Labute approximate surface area is 149 Å². The van der Waals surface area contributed by atoms with E-state index in [0.717, 1.165) is 0 Å². The third-order valence-corrected chi connectivity index (χ3v) is 4.05. The number of amides is 3. The Kier molecular flexibility index (Phi) is 4.95. The van der Waals surface area contributed by atoms with Crippen LogP contribution in [-0.2, 0) is 9.59 Å². The monoisotopic (exact) mass is 358 g/mol. The average molecular weight is 359 g/mol. The van der Waals surface area contributed by atoms with Gasteiger partial charge in [0.05, 0.1) is 5.92 Å². The molecule has 0 aliphatic carbocycles. The van der Waals surface area contributed by atoms with Gasteiger partial charge in [-0.2, -0.15) is 0 Å². The Morgan fingerprint density at radius 1 is 1.16 bits per heavy atom. The van der Waals surface area contributed by atoms with Crippen molar-refractivity contribution < 1.29 is 14.4 Å². The number of carbonyl (C=O) groups excluding carboxylic acids is 3. The minimum absolute atomic E-state index is 0.0673. The van der Waals surface area contributed by atoms with Crippen LogP contribution in [0.2, 0.25) is 5.02 Å². The van der Waals surface area contributed by atoms with Crippen LogP contribution < -0.4 is 15.8 Å². The fraction of sp³-hybridized carbons (Fsp3) is 0.176. The maximum absolute atomic E-state index is 12.2. The zero-order valence-corrected chi connectivity index (χ0v) is 13.9. The number of anilines is 1. The van der Waals surface area contributed by atoms with Crippen molar-refractivity contribution >= 4 is 35.0 Å². The molecule has 2 heterocycles. The fourth-order valence-corrected chi connectivity index (χ4v) is 2.74. The van der Waals surface area contributed by atoms with Gasteiger partial charge < -0.3 is 4.90 Å². The molecule has 1 fully saturated rings. The number of carbonyl (C=O) groups is 3. The van der Waals surface area contributed by atoms with Crippen LogP contribution in [0, 0.1) is 5.92 Å². The maximum Gasteiger partial charge on any atom is 0.288 e. The number of pyridine rings is 1. The van der Waals surface area contributed by atoms with E-state index >= 15 is 0 Å². The molecule has 0 bridgehead atoms. The second-order valence-electron chi connectivity index (χ2n) is 5.54. The lowest BCUT2D eigenvalue weighted by atomic mass is 10.1. The smallest absolute Gasteiger partial charge is 0.288 e. The molecule has 0 unspecified atom stereocenters. The molecule has 0 saturated carbocycles. The Morgan fingerprint density at radius 2 is 2.00 bits per heavy atom. The molecule has 0 radical (unpaired) electrons. The predicted octanol–water partition coefficient (Wildman–Crippen LogP) is 1.55. The normalized spacial score (nSPS) is 16.6. The summed E-state index contributed by atoms with van der Waals surface area (Å²) in [4.78, 5) is 41.7. The zero-order chi connectivity index (χ0) is 17.8. The Morgan fingerprint density at radius 3 is 2.72 bits per heavy atom. The highest BCUT2D eigenvalue weighted by Crippen LogP contribution is 2.27. The Balaban J connectivity index is 1.58. The van der Waals surface area contributed by atoms with Gasteiger partial charge in [-0.05, 0) is 30.3 Å². The lowest BCUT2D eigenvalue weighted by Crippen LogP contribution is -2.45. The number of halogens is 1. The molecule has 2 N–H and O–H groups in total. The highest BCUT2D eigenvalue weighted by Gasteiger charge is 2.35. The number of hydrogen-bond acceptors (Lipinski definition) is 4. The summed E-state index contributed by atoms with van der Waals surface area (Å²) in [5.41, 5.74) is 5.48. The van der Waals surface area contributed by atoms with Crippen molar-refractivity contribution in [2.45, 2.75) is 6.42 Å². The number of rotatable bonds is 3. The van der Waals surface area contributed by atoms with Gasteiger partial charge in [-0.25, -0.2) is 0 Å². The first-order valence-electron chi connectivity index (χ1n) is 7.62. The number of hydrogen-bond donors (Lipinski definition) is 2. The number of hydrazine groups is 1. The lowest BCUT2D eigenvalue weighted by Gasteiger charge is -2.17. The molecular formula is C17H15ClN4O3. The molecule has 128 valence electrons. The largest absolute Gasteiger partial charge is 0.312 e. The Bertz CT molecular complexity index is 813. The van der Waals surface area contributed by atoms with Gasteiger partial charge in [0.15, 0.2) is 0 Å². The van der Waals surface area contributed by atoms with Crippen molar-refractivity contribution in [3.8, 4) is 0 Å². The van der Waals surface area contributed by atoms with Crippen LogP contribution in [0.4, 0.5) is 5.69 Å². The molecule has 1 saturated heterocycles. The van der Waals surface area contributed by atoms with Crippen molar-refractivity contribution in [2.24, 2.45) is 5.92 Å². The van der Waals surface area contributed by atoms with E-state index in [4.69, 9.17) is 11.6 Å². The quantitative estimate of drug-likeness (QED) is 0.814. The van der Waals surface area contributed by atoms with Gasteiger partial charge in [0, 0.05) is 29.9 Å². The van der Waals surface area contributed by atoms with E-state index < -0.39 is 17.7 Å². The first-order chi connectivity index (χ1) is 12.0. The summed E-state index contributed by atoms with van der Waals surface area (Å²) in [6.45, 7) is 0.227. The molecular weight excluding hydrogens is 344 g/mol. The van der Waals surface area contributed by atoms with Crippen LogP contribution in [0.3, 0.4) is 0 Å². The standard InChI is InChI=1S/C17H15ClN4O3/c18-12-4-3-5-13(9-12)22-10-11(8-15(22)23)16(24)20-21-17(25)14-6-1-2-7-19-14/h1-7,9,11H,8,10H2,(H,20,24)(H,21,25)/t11-/m0/s1. The van der Waals surface area contributed by atoms with E-state index in [-0.39, 0.29) is 24.6 Å². The summed E-state index contributed by atoms with van der Waals surface area (Å²) >= 11 is 5.94. The number of nitrogens with zero attached hydrogens (tertiary/aromatic N) is 2. The third-order valence-electron chi connectivity index (χ3n) is 3.81. The minimum Gasteiger partial charge on any atom is -0.312 e. The summed E-state index contributed by atoms with van der Waals surface area (Å²) in [7, 11) is 0. The van der Waals surface area contributed by atoms with Crippen LogP contribution in [0.1, 0.15) is 16.9 Å². The zero-order valence-electron chi connectivity index (χ0n) is 13.1. The van der Waals surface area contributed by atoms with Crippen molar-refractivity contribution in [1.29, 1.82) is 0 Å². The van der Waals surface area contributed by atoms with Crippen molar-refractivity contribution in [3.05, 3.63) is 59.4 Å². The van der Waals surface area contributed by atoms with E-state index in [0.29, 0.717) is 10.7 Å². The summed E-state index contributed by atoms with van der Waals surface area (Å²) in [6.07, 6.45) is 1.55. The van der Waals surface area contributed by atoms with Gasteiger partial charge in [0.25, 0.3) is 5.91 Å². The van der Waals surface area contributed by atoms with Gasteiger partial charge in [-0.1, -0.05) is 23.7 Å². The second kappa shape index (κ2) is 7.31.